The van der Waals surface area contributed by atoms with E-state index in [1.165, 1.54) is 42.0 Å². The first-order chi connectivity index (χ1) is 19.0. The number of benzene rings is 2. The summed E-state index contributed by atoms with van der Waals surface area (Å²) >= 11 is 0. The fourth-order valence-electron chi connectivity index (χ4n) is 4.37. The van der Waals surface area contributed by atoms with Crippen molar-refractivity contribution in [2.45, 2.75) is 67.2 Å². The summed E-state index contributed by atoms with van der Waals surface area (Å²) < 4.78 is 10.7. The number of ether oxygens (including phenoxy) is 2. The van der Waals surface area contributed by atoms with E-state index in [0.29, 0.717) is 11.4 Å². The molecule has 0 saturated heterocycles. The van der Waals surface area contributed by atoms with Crippen LogP contribution in [0.3, 0.4) is 0 Å². The van der Waals surface area contributed by atoms with Crippen molar-refractivity contribution in [2.75, 3.05) is 16.8 Å². The lowest BCUT2D eigenvalue weighted by Gasteiger charge is -2.23. The molecule has 2 N–H and O–H groups in total. The fraction of sp³-hybridized carbons (Fsp3) is 0.344. The van der Waals surface area contributed by atoms with E-state index in [9.17, 15) is 19.5 Å². The summed E-state index contributed by atoms with van der Waals surface area (Å²) in [4.78, 5) is 39.0. The summed E-state index contributed by atoms with van der Waals surface area (Å²) in [6.45, 7) is 11.1. The number of hydrogen-bond donors (Lipinski definition) is 2. The molecule has 1 aliphatic heterocycles. The van der Waals surface area contributed by atoms with Crippen LogP contribution in [0, 0.1) is 0 Å². The minimum absolute atomic E-state index is 0.0598. The number of amides is 1. The quantitative estimate of drug-likeness (QED) is 0.139. The second kappa shape index (κ2) is 13.6. The average molecular weight is 547 g/mol. The van der Waals surface area contributed by atoms with Crippen LogP contribution >= 0.6 is 0 Å². The fourth-order valence-corrected chi connectivity index (χ4v) is 4.37. The Morgan fingerprint density at radius 2 is 1.52 bits per heavy atom. The van der Waals surface area contributed by atoms with Crippen molar-refractivity contribution < 1.29 is 29.0 Å². The van der Waals surface area contributed by atoms with E-state index in [-0.39, 0.29) is 41.0 Å². The number of fused-ring (bicyclic) bond motifs is 2. The van der Waals surface area contributed by atoms with Gasteiger partial charge in [-0.05, 0) is 65.5 Å². The van der Waals surface area contributed by atoms with Gasteiger partial charge in [0.2, 0.25) is 0 Å². The van der Waals surface area contributed by atoms with Gasteiger partial charge in [-0.3, -0.25) is 14.4 Å². The van der Waals surface area contributed by atoms with Gasteiger partial charge in [-0.1, -0.05) is 41.0 Å². The van der Waals surface area contributed by atoms with E-state index >= 15 is 0 Å². The molecule has 0 fully saturated rings. The highest BCUT2D eigenvalue weighted by atomic mass is 16.5. The Bertz CT molecular complexity index is 1380. The van der Waals surface area contributed by atoms with Crippen LogP contribution in [0.1, 0.15) is 77.6 Å². The molecule has 212 valence electrons. The number of aromatic hydroxyl groups is 1. The number of hydrogen-bond acceptors (Lipinski definition) is 7. The molecule has 3 rings (SSSR count). The zero-order chi connectivity index (χ0) is 29.4. The lowest BCUT2D eigenvalue weighted by molar-refractivity contribution is -0.132. The first kappa shape index (κ1) is 30.2. The zero-order valence-electron chi connectivity index (χ0n) is 24.1. The van der Waals surface area contributed by atoms with Crippen LogP contribution < -0.4 is 19.7 Å². The number of allylic oxidation sites excluding steroid dienone is 5. The molecule has 8 nitrogen and oxygen atoms in total. The molecule has 0 aliphatic carbocycles. The lowest BCUT2D eigenvalue weighted by Crippen LogP contribution is -2.30. The predicted octanol–water partition coefficient (Wildman–Crippen LogP) is 7.37. The van der Waals surface area contributed by atoms with Crippen LogP contribution in [0.2, 0.25) is 0 Å². The molecule has 1 heterocycles. The Balaban J connectivity index is 1.96. The molecule has 40 heavy (non-hydrogen) atoms. The van der Waals surface area contributed by atoms with Crippen LogP contribution in [0.25, 0.3) is 0 Å². The Morgan fingerprint density at radius 3 is 2.17 bits per heavy atom. The van der Waals surface area contributed by atoms with Crippen LogP contribution in [0.15, 0.2) is 65.3 Å². The Morgan fingerprint density at radius 1 is 0.875 bits per heavy atom. The van der Waals surface area contributed by atoms with Crippen molar-refractivity contribution in [1.29, 1.82) is 0 Å². The van der Waals surface area contributed by atoms with Gasteiger partial charge in [0.05, 0.1) is 16.9 Å². The van der Waals surface area contributed by atoms with Crippen LogP contribution in [0.5, 0.6) is 17.2 Å². The van der Waals surface area contributed by atoms with E-state index in [0.717, 1.165) is 31.3 Å². The molecule has 2 aromatic rings. The van der Waals surface area contributed by atoms with Crippen molar-refractivity contribution in [3.05, 3.63) is 70.8 Å². The second-order valence-corrected chi connectivity index (χ2v) is 10.2. The number of carbonyl (C=O) groups is 3. The van der Waals surface area contributed by atoms with Crippen molar-refractivity contribution >= 4 is 34.9 Å². The molecule has 1 amide bonds. The number of phenols is 1. The Hall–Kier alpha value is -4.33. The maximum Gasteiger partial charge on any atom is 0.308 e. The number of nitrogens with one attached hydrogen (secondary N) is 1. The van der Waals surface area contributed by atoms with Crippen molar-refractivity contribution in [3.63, 3.8) is 0 Å². The summed E-state index contributed by atoms with van der Waals surface area (Å²) in [5, 5.41) is 13.6. The zero-order valence-corrected chi connectivity index (χ0v) is 24.1. The largest absolute Gasteiger partial charge is 0.506 e. The van der Waals surface area contributed by atoms with Gasteiger partial charge in [0.25, 0.3) is 5.91 Å². The lowest BCUT2D eigenvalue weighted by atomic mass is 10.1. The highest BCUT2D eigenvalue weighted by Gasteiger charge is 2.31. The predicted molar refractivity (Wildman–Crippen MR) is 158 cm³/mol. The summed E-state index contributed by atoms with van der Waals surface area (Å²) in [7, 11) is 0. The van der Waals surface area contributed by atoms with Crippen LogP contribution in [-0.2, 0) is 9.59 Å². The Kier molecular flexibility index (Phi) is 10.3. The first-order valence-electron chi connectivity index (χ1n) is 13.4. The second-order valence-electron chi connectivity index (χ2n) is 10.2. The number of carbonyl (C=O) groups excluding carboxylic acids is 3. The van der Waals surface area contributed by atoms with Crippen molar-refractivity contribution in [1.82, 2.24) is 0 Å². The molecule has 1 aliphatic rings. The Labute approximate surface area is 236 Å². The summed E-state index contributed by atoms with van der Waals surface area (Å²) in [6.07, 6.45) is 10.3. The number of anilines is 3. The van der Waals surface area contributed by atoms with Gasteiger partial charge < -0.3 is 24.8 Å². The molecule has 0 radical (unpaired) electrons. The molecule has 0 saturated carbocycles. The van der Waals surface area contributed by atoms with Gasteiger partial charge in [-0.15, -0.1) is 0 Å². The highest BCUT2D eigenvalue weighted by Crippen LogP contribution is 2.46. The third kappa shape index (κ3) is 8.09. The molecule has 0 unspecified atom stereocenters. The van der Waals surface area contributed by atoms with Gasteiger partial charge in [-0.2, -0.15) is 0 Å². The van der Waals surface area contributed by atoms with Crippen LogP contribution in [0.4, 0.5) is 17.1 Å². The molecule has 2 aromatic carbocycles. The minimum Gasteiger partial charge on any atom is -0.506 e. The maximum absolute atomic E-state index is 13.8. The van der Waals surface area contributed by atoms with E-state index in [1.54, 1.807) is 18.2 Å². The summed E-state index contributed by atoms with van der Waals surface area (Å²) in [5.74, 6) is -1.48. The summed E-state index contributed by atoms with van der Waals surface area (Å²) in [6, 6.07) is 7.61. The SMILES string of the molecule is CC(=O)Oc1cc(OC(C)=O)c2c(c1)N(C/C=C(\C)CC/C=C(\C)CCC=C(C)C)C(=O)c1cccc(O)c1N2. The molecular formula is C32H38N2O6. The first-order valence-corrected chi connectivity index (χ1v) is 13.4. The third-order valence-electron chi connectivity index (χ3n) is 6.37. The molecule has 0 spiro atoms. The molecule has 8 heteroatoms. The van der Waals surface area contributed by atoms with Gasteiger partial charge in [-0.25, -0.2) is 0 Å². The number of esters is 2. The van der Waals surface area contributed by atoms with E-state index in [1.807, 2.05) is 13.0 Å². The number of phenolic OH excluding ortho intramolecular Hbond substituents is 1. The van der Waals surface area contributed by atoms with Gasteiger partial charge in [0.15, 0.2) is 5.75 Å². The molecule has 0 atom stereocenters. The monoisotopic (exact) mass is 546 g/mol. The standard InChI is InChI=1S/C32H38N2O6/c1-20(2)10-7-11-21(3)12-8-13-22(4)16-17-34-27-18-25(39-23(5)35)19-29(40-24(6)36)31(27)33-30-26(32(34)38)14-9-15-28(30)37/h9-10,12,14-16,18-19,33,37H,7-8,11,13,17H2,1-6H3/b21-12+,22-16+. The van der Waals surface area contributed by atoms with Gasteiger partial charge in [0, 0.05) is 32.5 Å². The smallest absolute Gasteiger partial charge is 0.308 e. The highest BCUT2D eigenvalue weighted by molar-refractivity contribution is 6.15. The summed E-state index contributed by atoms with van der Waals surface area (Å²) in [5.41, 5.74) is 4.85. The molecule has 0 aromatic heterocycles. The number of rotatable bonds is 10. The third-order valence-corrected chi connectivity index (χ3v) is 6.37. The van der Waals surface area contributed by atoms with Crippen LogP contribution in [-0.4, -0.2) is 29.5 Å². The van der Waals surface area contributed by atoms with E-state index in [2.05, 4.69) is 38.2 Å². The van der Waals surface area contributed by atoms with E-state index in [4.69, 9.17) is 9.47 Å². The van der Waals surface area contributed by atoms with Gasteiger partial charge in [0.1, 0.15) is 17.2 Å². The normalized spacial score (nSPS) is 13.1. The number of para-hydroxylation sites is 1. The van der Waals surface area contributed by atoms with E-state index < -0.39 is 11.9 Å². The van der Waals surface area contributed by atoms with Crippen molar-refractivity contribution in [2.24, 2.45) is 0 Å². The molecule has 0 bridgehead atoms. The average Bonchev–Trinajstić information content (AvgIpc) is 2.97. The van der Waals surface area contributed by atoms with Gasteiger partial charge >= 0.3 is 11.9 Å². The maximum atomic E-state index is 13.8. The number of nitrogens with zero attached hydrogens (tertiary/aromatic N) is 1. The topological polar surface area (TPSA) is 105 Å². The molecular weight excluding hydrogens is 508 g/mol. The minimum atomic E-state index is -0.594. The van der Waals surface area contributed by atoms with Crippen molar-refractivity contribution in [3.8, 4) is 17.2 Å².